The smallest absolute Gasteiger partial charge is 0.233 e. The van der Waals surface area contributed by atoms with E-state index in [4.69, 9.17) is 9.47 Å². The number of aromatic nitrogens is 2. The van der Waals surface area contributed by atoms with E-state index in [-0.39, 0.29) is 11.5 Å². The van der Waals surface area contributed by atoms with Crippen molar-refractivity contribution < 1.29 is 14.3 Å². The molecule has 1 aromatic heterocycles. The number of hydrogen-bond donors (Lipinski definition) is 0. The maximum absolute atomic E-state index is 12.2. The molecule has 0 amide bonds. The summed E-state index contributed by atoms with van der Waals surface area (Å²) in [5.41, 5.74) is 0.708. The maximum Gasteiger partial charge on any atom is 0.233 e. The minimum absolute atomic E-state index is 0.234. The topological polar surface area (TPSA) is 61.3 Å². The van der Waals surface area contributed by atoms with E-state index >= 15 is 0 Å². The van der Waals surface area contributed by atoms with Gasteiger partial charge in [-0.25, -0.2) is 0 Å². The average Bonchev–Trinajstić information content (AvgIpc) is 2.46. The molecular formula is C13H12N2O3. The quantitative estimate of drug-likeness (QED) is 0.766. The number of hydrogen-bond acceptors (Lipinski definition) is 5. The first kappa shape index (κ1) is 12.0. The number of nitrogens with zero attached hydrogens (tertiary/aromatic N) is 2. The number of benzene rings is 1. The van der Waals surface area contributed by atoms with Crippen LogP contribution in [0.4, 0.5) is 0 Å². The van der Waals surface area contributed by atoms with Gasteiger partial charge in [-0.15, -0.1) is 10.2 Å². The highest BCUT2D eigenvalue weighted by Crippen LogP contribution is 2.20. The van der Waals surface area contributed by atoms with Crippen molar-refractivity contribution in [2.24, 2.45) is 0 Å². The molecule has 0 aliphatic heterocycles. The third-order valence-corrected chi connectivity index (χ3v) is 2.43. The molecule has 18 heavy (non-hydrogen) atoms. The highest BCUT2D eigenvalue weighted by Gasteiger charge is 2.15. The Balaban J connectivity index is 2.35. The first-order chi connectivity index (χ1) is 8.76. The Bertz CT molecular complexity index is 552. The molecule has 2 aromatic rings. The number of ketones is 1. The van der Waals surface area contributed by atoms with E-state index in [1.165, 1.54) is 14.2 Å². The Morgan fingerprint density at radius 1 is 1.00 bits per heavy atom. The lowest BCUT2D eigenvalue weighted by Crippen LogP contribution is -2.07. The van der Waals surface area contributed by atoms with E-state index in [2.05, 4.69) is 10.2 Å². The molecule has 2 rings (SSSR count). The fourth-order valence-corrected chi connectivity index (χ4v) is 1.52. The van der Waals surface area contributed by atoms with Crippen LogP contribution in [-0.4, -0.2) is 30.2 Å². The van der Waals surface area contributed by atoms with Crippen LogP contribution in [-0.2, 0) is 0 Å². The summed E-state index contributed by atoms with van der Waals surface area (Å²) in [4.78, 5) is 12.2. The van der Waals surface area contributed by atoms with Crippen LogP contribution in [0.5, 0.6) is 11.6 Å². The number of carbonyl (C=O) groups is 1. The molecule has 1 aromatic carbocycles. The zero-order valence-electron chi connectivity index (χ0n) is 10.1. The number of carbonyl (C=O) groups excluding carboxylic acids is 1. The third kappa shape index (κ3) is 2.29. The molecule has 0 N–H and O–H groups in total. The Labute approximate surface area is 104 Å². The normalized spacial score (nSPS) is 9.89. The Kier molecular flexibility index (Phi) is 3.52. The van der Waals surface area contributed by atoms with Gasteiger partial charge in [0.15, 0.2) is 0 Å². The van der Waals surface area contributed by atoms with Gasteiger partial charge in [0.25, 0.3) is 0 Å². The van der Waals surface area contributed by atoms with Gasteiger partial charge in [-0.3, -0.25) is 4.79 Å². The van der Waals surface area contributed by atoms with Crippen LogP contribution in [0.3, 0.4) is 0 Å². The van der Waals surface area contributed by atoms with Crippen molar-refractivity contribution in [2.75, 3.05) is 14.2 Å². The zero-order valence-corrected chi connectivity index (χ0v) is 10.1. The van der Waals surface area contributed by atoms with Crippen LogP contribution in [0.15, 0.2) is 36.4 Å². The van der Waals surface area contributed by atoms with Crippen LogP contribution >= 0.6 is 0 Å². The predicted molar refractivity (Wildman–Crippen MR) is 65.0 cm³/mol. The fourth-order valence-electron chi connectivity index (χ4n) is 1.52. The van der Waals surface area contributed by atoms with Crippen molar-refractivity contribution in [2.45, 2.75) is 0 Å². The predicted octanol–water partition coefficient (Wildman–Crippen LogP) is 1.72. The number of para-hydroxylation sites is 1. The van der Waals surface area contributed by atoms with Crippen molar-refractivity contribution in [3.63, 3.8) is 0 Å². The van der Waals surface area contributed by atoms with E-state index in [1.807, 2.05) is 0 Å². The van der Waals surface area contributed by atoms with Gasteiger partial charge in [0, 0.05) is 6.07 Å². The Morgan fingerprint density at radius 3 is 2.39 bits per heavy atom. The molecule has 1 heterocycles. The molecule has 0 aliphatic rings. The van der Waals surface area contributed by atoms with Crippen LogP contribution in [0.25, 0.3) is 0 Å². The Hall–Kier alpha value is -2.43. The lowest BCUT2D eigenvalue weighted by atomic mass is 10.1. The molecule has 0 radical (unpaired) electrons. The van der Waals surface area contributed by atoms with E-state index in [0.29, 0.717) is 17.2 Å². The molecule has 0 spiro atoms. The van der Waals surface area contributed by atoms with Gasteiger partial charge in [0.2, 0.25) is 11.7 Å². The van der Waals surface area contributed by atoms with Crippen LogP contribution < -0.4 is 9.47 Å². The summed E-state index contributed by atoms with van der Waals surface area (Å²) in [5, 5.41) is 7.59. The van der Waals surface area contributed by atoms with Crippen molar-refractivity contribution in [3.05, 3.63) is 47.7 Å². The van der Waals surface area contributed by atoms with Gasteiger partial charge in [-0.05, 0) is 18.2 Å². The molecule has 5 nitrogen and oxygen atoms in total. The van der Waals surface area contributed by atoms with Crippen molar-refractivity contribution in [1.29, 1.82) is 0 Å². The second kappa shape index (κ2) is 5.27. The summed E-state index contributed by atoms with van der Waals surface area (Å²) in [6.45, 7) is 0. The van der Waals surface area contributed by atoms with E-state index in [1.54, 1.807) is 36.4 Å². The summed E-state index contributed by atoms with van der Waals surface area (Å²) in [7, 11) is 3.01. The summed E-state index contributed by atoms with van der Waals surface area (Å²) >= 11 is 0. The van der Waals surface area contributed by atoms with Crippen molar-refractivity contribution in [3.8, 4) is 11.6 Å². The minimum Gasteiger partial charge on any atom is -0.496 e. The number of ether oxygens (including phenoxy) is 2. The van der Waals surface area contributed by atoms with Gasteiger partial charge >= 0.3 is 0 Å². The molecule has 5 heteroatoms. The molecule has 0 bridgehead atoms. The molecule has 0 saturated carbocycles. The number of rotatable bonds is 4. The third-order valence-electron chi connectivity index (χ3n) is 2.43. The monoisotopic (exact) mass is 244 g/mol. The molecule has 0 unspecified atom stereocenters. The van der Waals surface area contributed by atoms with Crippen molar-refractivity contribution >= 4 is 5.78 Å². The molecule has 0 saturated heterocycles. The van der Waals surface area contributed by atoms with E-state index in [9.17, 15) is 4.79 Å². The maximum atomic E-state index is 12.2. The molecule has 0 aliphatic carbocycles. The molecule has 0 atom stereocenters. The lowest BCUT2D eigenvalue weighted by molar-refractivity contribution is 0.103. The van der Waals surface area contributed by atoms with Gasteiger partial charge in [-0.1, -0.05) is 12.1 Å². The van der Waals surface area contributed by atoms with Crippen LogP contribution in [0.1, 0.15) is 16.1 Å². The van der Waals surface area contributed by atoms with Gasteiger partial charge in [0.05, 0.1) is 19.8 Å². The van der Waals surface area contributed by atoms with Gasteiger partial charge < -0.3 is 9.47 Å². The fraction of sp³-hybridized carbons (Fsp3) is 0.154. The Morgan fingerprint density at radius 2 is 1.78 bits per heavy atom. The summed E-state index contributed by atoms with van der Waals surface area (Å²) < 4.78 is 10.0. The van der Waals surface area contributed by atoms with Crippen LogP contribution in [0.2, 0.25) is 0 Å². The van der Waals surface area contributed by atoms with Crippen molar-refractivity contribution in [1.82, 2.24) is 10.2 Å². The number of methoxy groups -OCH3 is 2. The summed E-state index contributed by atoms with van der Waals surface area (Å²) in [6.07, 6.45) is 0. The SMILES string of the molecule is COc1ccc(C(=O)c2ccccc2OC)nn1. The summed E-state index contributed by atoms with van der Waals surface area (Å²) in [6, 6.07) is 10.1. The minimum atomic E-state index is -0.234. The molecule has 0 fully saturated rings. The largest absolute Gasteiger partial charge is 0.496 e. The van der Waals surface area contributed by atoms with E-state index in [0.717, 1.165) is 0 Å². The average molecular weight is 244 g/mol. The summed E-state index contributed by atoms with van der Waals surface area (Å²) in [5.74, 6) is 0.647. The molecular weight excluding hydrogens is 232 g/mol. The standard InChI is InChI=1S/C13H12N2O3/c1-17-11-6-4-3-5-9(11)13(16)10-7-8-12(18-2)15-14-10/h3-8H,1-2H3. The first-order valence-electron chi connectivity index (χ1n) is 5.31. The second-order valence-corrected chi connectivity index (χ2v) is 3.49. The van der Waals surface area contributed by atoms with Gasteiger partial charge in [-0.2, -0.15) is 0 Å². The molecule has 92 valence electrons. The first-order valence-corrected chi connectivity index (χ1v) is 5.31. The highest BCUT2D eigenvalue weighted by atomic mass is 16.5. The second-order valence-electron chi connectivity index (χ2n) is 3.49. The van der Waals surface area contributed by atoms with Crippen LogP contribution in [0, 0.1) is 0 Å². The lowest BCUT2D eigenvalue weighted by Gasteiger charge is -2.06. The highest BCUT2D eigenvalue weighted by molar-refractivity contribution is 6.09. The van der Waals surface area contributed by atoms with E-state index < -0.39 is 0 Å². The zero-order chi connectivity index (χ0) is 13.0. The van der Waals surface area contributed by atoms with Gasteiger partial charge in [0.1, 0.15) is 11.4 Å².